The largest absolute Gasteiger partial charge is 0.370 e. The lowest BCUT2D eigenvalue weighted by Gasteiger charge is -2.12. The molecular formula is C18H17NO2. The van der Waals surface area contributed by atoms with Crippen LogP contribution >= 0.6 is 0 Å². The highest BCUT2D eigenvalue weighted by Gasteiger charge is 2.20. The molecule has 106 valence electrons. The van der Waals surface area contributed by atoms with Gasteiger partial charge in [0.05, 0.1) is 5.92 Å². The third kappa shape index (κ3) is 4.42. The van der Waals surface area contributed by atoms with Crippen LogP contribution in [0.2, 0.25) is 0 Å². The van der Waals surface area contributed by atoms with Crippen LogP contribution in [0.4, 0.5) is 0 Å². The summed E-state index contributed by atoms with van der Waals surface area (Å²) in [6.45, 7) is 0. The van der Waals surface area contributed by atoms with Crippen molar-refractivity contribution in [2.24, 2.45) is 5.73 Å². The third-order valence-corrected chi connectivity index (χ3v) is 3.19. The zero-order valence-electron chi connectivity index (χ0n) is 11.6. The number of hydrogen-bond donors (Lipinski definition) is 1. The van der Waals surface area contributed by atoms with Crippen LogP contribution in [0.15, 0.2) is 66.7 Å². The molecule has 0 aliphatic heterocycles. The lowest BCUT2D eigenvalue weighted by Crippen LogP contribution is -2.20. The number of primary amides is 1. The van der Waals surface area contributed by atoms with Crippen LogP contribution in [0.1, 0.15) is 23.5 Å². The van der Waals surface area contributed by atoms with Gasteiger partial charge in [0.1, 0.15) is 0 Å². The number of carbonyl (C=O) groups excluding carboxylic acids is 2. The van der Waals surface area contributed by atoms with Gasteiger partial charge in [0.15, 0.2) is 5.78 Å². The summed E-state index contributed by atoms with van der Waals surface area (Å²) in [7, 11) is 0. The topological polar surface area (TPSA) is 60.2 Å². The Bertz CT molecular complexity index is 633. The van der Waals surface area contributed by atoms with Crippen LogP contribution < -0.4 is 5.73 Å². The number of amides is 1. The zero-order valence-corrected chi connectivity index (χ0v) is 11.6. The standard InChI is InChI=1S/C18H17NO2/c19-18(21)13-16(15-9-5-2-6-10-15)17(20)12-11-14-7-3-1-4-8-14/h1-12,16H,13H2,(H2,19,21)/b12-11+. The Morgan fingerprint density at radius 2 is 1.52 bits per heavy atom. The van der Waals surface area contributed by atoms with Gasteiger partial charge in [-0.1, -0.05) is 66.7 Å². The number of rotatable bonds is 6. The Morgan fingerprint density at radius 3 is 2.10 bits per heavy atom. The van der Waals surface area contributed by atoms with Gasteiger partial charge in [0, 0.05) is 6.42 Å². The number of nitrogens with two attached hydrogens (primary N) is 1. The molecule has 3 nitrogen and oxygen atoms in total. The minimum Gasteiger partial charge on any atom is -0.370 e. The fraction of sp³-hybridized carbons (Fsp3) is 0.111. The van der Waals surface area contributed by atoms with E-state index in [1.54, 1.807) is 6.08 Å². The predicted octanol–water partition coefficient (Wildman–Crippen LogP) is 2.93. The summed E-state index contributed by atoms with van der Waals surface area (Å²) >= 11 is 0. The van der Waals surface area contributed by atoms with Crippen LogP contribution in [0.25, 0.3) is 6.08 Å². The highest BCUT2D eigenvalue weighted by Crippen LogP contribution is 2.21. The monoisotopic (exact) mass is 279 g/mol. The van der Waals surface area contributed by atoms with Crippen molar-refractivity contribution in [1.82, 2.24) is 0 Å². The van der Waals surface area contributed by atoms with Crippen LogP contribution in [-0.2, 0) is 9.59 Å². The molecule has 3 heteroatoms. The predicted molar refractivity (Wildman–Crippen MR) is 83.5 cm³/mol. The van der Waals surface area contributed by atoms with Gasteiger partial charge in [0.2, 0.25) is 5.91 Å². The van der Waals surface area contributed by atoms with Crippen molar-refractivity contribution in [3.63, 3.8) is 0 Å². The quantitative estimate of drug-likeness (QED) is 0.826. The minimum absolute atomic E-state index is 0.0158. The molecule has 0 heterocycles. The van der Waals surface area contributed by atoms with Crippen molar-refractivity contribution in [2.75, 3.05) is 0 Å². The summed E-state index contributed by atoms with van der Waals surface area (Å²) in [6.07, 6.45) is 3.27. The molecule has 0 bridgehead atoms. The van der Waals surface area contributed by atoms with E-state index in [2.05, 4.69) is 0 Å². The highest BCUT2D eigenvalue weighted by molar-refractivity contribution is 6.00. The van der Waals surface area contributed by atoms with Crippen molar-refractivity contribution in [2.45, 2.75) is 12.3 Å². The Hall–Kier alpha value is -2.68. The molecule has 0 aliphatic carbocycles. The van der Waals surface area contributed by atoms with E-state index in [0.717, 1.165) is 11.1 Å². The van der Waals surface area contributed by atoms with Crippen molar-refractivity contribution < 1.29 is 9.59 Å². The normalized spacial score (nSPS) is 12.2. The second kappa shape index (κ2) is 7.20. The lowest BCUT2D eigenvalue weighted by molar-refractivity contribution is -0.122. The maximum Gasteiger partial charge on any atom is 0.218 e. The van der Waals surface area contributed by atoms with Crippen LogP contribution in [0.3, 0.4) is 0 Å². The van der Waals surface area contributed by atoms with E-state index >= 15 is 0 Å². The van der Waals surface area contributed by atoms with Crippen LogP contribution in [0.5, 0.6) is 0 Å². The van der Waals surface area contributed by atoms with Gasteiger partial charge in [-0.3, -0.25) is 9.59 Å². The lowest BCUT2D eigenvalue weighted by atomic mass is 9.91. The molecule has 2 N–H and O–H groups in total. The first-order valence-corrected chi connectivity index (χ1v) is 6.77. The van der Waals surface area contributed by atoms with E-state index in [0.29, 0.717) is 0 Å². The van der Waals surface area contributed by atoms with Gasteiger partial charge in [-0.25, -0.2) is 0 Å². The van der Waals surface area contributed by atoms with Gasteiger partial charge >= 0.3 is 0 Å². The summed E-state index contributed by atoms with van der Waals surface area (Å²) < 4.78 is 0. The Balaban J connectivity index is 2.19. The second-order valence-electron chi connectivity index (χ2n) is 4.78. The maximum absolute atomic E-state index is 12.4. The minimum atomic E-state index is -0.524. The first kappa shape index (κ1) is 14.7. The molecule has 1 atom stereocenters. The summed E-state index contributed by atoms with van der Waals surface area (Å²) in [5, 5.41) is 0. The van der Waals surface area contributed by atoms with E-state index in [4.69, 9.17) is 5.73 Å². The highest BCUT2D eigenvalue weighted by atomic mass is 16.1. The molecule has 2 aromatic rings. The third-order valence-electron chi connectivity index (χ3n) is 3.19. The average Bonchev–Trinajstić information content (AvgIpc) is 2.52. The summed E-state index contributed by atoms with van der Waals surface area (Å²) in [4.78, 5) is 23.6. The van der Waals surface area contributed by atoms with Crippen LogP contribution in [-0.4, -0.2) is 11.7 Å². The smallest absolute Gasteiger partial charge is 0.218 e. The molecule has 21 heavy (non-hydrogen) atoms. The maximum atomic E-state index is 12.4. The van der Waals surface area contributed by atoms with Crippen molar-refractivity contribution in [3.8, 4) is 0 Å². The average molecular weight is 279 g/mol. The Kier molecular flexibility index (Phi) is 5.04. The molecule has 0 radical (unpaired) electrons. The first-order valence-electron chi connectivity index (χ1n) is 6.77. The Labute approximate surface area is 124 Å². The molecule has 0 aliphatic rings. The summed E-state index contributed by atoms with van der Waals surface area (Å²) in [6, 6.07) is 18.8. The number of hydrogen-bond acceptors (Lipinski definition) is 2. The molecule has 0 fully saturated rings. The SMILES string of the molecule is NC(=O)CC(C(=O)/C=C/c1ccccc1)c1ccccc1. The molecule has 0 saturated carbocycles. The number of benzene rings is 2. The van der Waals surface area contributed by atoms with Crippen molar-refractivity contribution in [1.29, 1.82) is 0 Å². The molecule has 1 amide bonds. The molecule has 2 rings (SSSR count). The van der Waals surface area contributed by atoms with E-state index < -0.39 is 11.8 Å². The number of allylic oxidation sites excluding steroid dienone is 1. The molecule has 2 aromatic carbocycles. The Morgan fingerprint density at radius 1 is 0.952 bits per heavy atom. The fourth-order valence-electron chi connectivity index (χ4n) is 2.13. The van der Waals surface area contributed by atoms with Gasteiger partial charge in [-0.2, -0.15) is 0 Å². The molecule has 0 spiro atoms. The summed E-state index contributed by atoms with van der Waals surface area (Å²) in [5.74, 6) is -1.13. The van der Waals surface area contributed by atoms with Gasteiger partial charge in [-0.15, -0.1) is 0 Å². The van der Waals surface area contributed by atoms with Gasteiger partial charge < -0.3 is 5.73 Å². The van der Waals surface area contributed by atoms with Gasteiger partial charge in [0.25, 0.3) is 0 Å². The van der Waals surface area contributed by atoms with Crippen molar-refractivity contribution in [3.05, 3.63) is 77.9 Å². The van der Waals surface area contributed by atoms with Crippen molar-refractivity contribution >= 4 is 17.8 Å². The van der Waals surface area contributed by atoms with Crippen LogP contribution in [0, 0.1) is 0 Å². The fourth-order valence-corrected chi connectivity index (χ4v) is 2.13. The van der Waals surface area contributed by atoms with Gasteiger partial charge in [-0.05, 0) is 17.2 Å². The van der Waals surface area contributed by atoms with E-state index in [-0.39, 0.29) is 12.2 Å². The van der Waals surface area contributed by atoms with E-state index in [9.17, 15) is 9.59 Å². The second-order valence-corrected chi connectivity index (χ2v) is 4.78. The molecule has 0 saturated heterocycles. The molecular weight excluding hydrogens is 262 g/mol. The summed E-state index contributed by atoms with van der Waals surface area (Å²) in [5.41, 5.74) is 7.01. The molecule has 0 aromatic heterocycles. The first-order chi connectivity index (χ1) is 10.2. The van der Waals surface area contributed by atoms with E-state index in [1.165, 1.54) is 6.08 Å². The molecule has 1 unspecified atom stereocenters. The van der Waals surface area contributed by atoms with E-state index in [1.807, 2.05) is 60.7 Å². The number of carbonyl (C=O) groups is 2. The zero-order chi connectivity index (χ0) is 15.1. The number of ketones is 1.